The van der Waals surface area contributed by atoms with E-state index in [4.69, 9.17) is 18.9 Å². The first-order valence-electron chi connectivity index (χ1n) is 13.6. The molecule has 1 N–H and O–H groups in total. The summed E-state index contributed by atoms with van der Waals surface area (Å²) < 4.78 is 38.1. The fourth-order valence-corrected chi connectivity index (χ4v) is 5.15. The van der Waals surface area contributed by atoms with Crippen molar-refractivity contribution < 1.29 is 28.1 Å². The van der Waals surface area contributed by atoms with Crippen molar-refractivity contribution in [3.63, 3.8) is 0 Å². The minimum Gasteiger partial charge on any atom is -0.486 e. The number of fused-ring (bicyclic) bond motifs is 2. The van der Waals surface area contributed by atoms with E-state index < -0.39 is 18.0 Å². The number of nitrogens with one attached hydrogen (secondary N) is 1. The molecule has 0 radical (unpaired) electrons. The highest BCUT2D eigenvalue weighted by Crippen LogP contribution is 2.37. The van der Waals surface area contributed by atoms with Crippen LogP contribution in [0, 0.1) is 25.6 Å². The molecule has 0 aliphatic heterocycles. The largest absolute Gasteiger partial charge is 0.486 e. The maximum atomic E-state index is 15.2. The molecule has 11 nitrogen and oxygen atoms in total. The van der Waals surface area contributed by atoms with Crippen LogP contribution in [0.15, 0.2) is 42.9 Å². The Hall–Kier alpha value is -4.49. The van der Waals surface area contributed by atoms with Crippen molar-refractivity contribution in [3.8, 4) is 22.2 Å². The standard InChI is InChI=1S/C30H31FN6O5S/c1-16(2)13-40-14-20(42-30(38)35-19-10-32-18(4)33-11-19)15-41-25-9-26-23(8-22(25)31)37-29(43-26)21-6-17(3)7-24-28(21)34-12-27(36-24)39-5/h6-12,16,20H,13-15H2,1-5H3,(H,35,38). The Morgan fingerprint density at radius 1 is 0.977 bits per heavy atom. The van der Waals surface area contributed by atoms with Crippen molar-refractivity contribution in [1.29, 1.82) is 0 Å². The zero-order valence-electron chi connectivity index (χ0n) is 24.4. The Morgan fingerprint density at radius 2 is 1.77 bits per heavy atom. The SMILES string of the molecule is COc1cnc2c(-c3nc4cc(F)c(OCC(COCC(C)C)OC(=O)Nc5cnc(C)nc5)cc4s3)cc(C)cc2n1. The molecule has 3 heterocycles. The van der Waals surface area contributed by atoms with Crippen LogP contribution in [0.1, 0.15) is 25.2 Å². The van der Waals surface area contributed by atoms with Gasteiger partial charge in [0.25, 0.3) is 0 Å². The molecule has 1 unspecified atom stereocenters. The van der Waals surface area contributed by atoms with Gasteiger partial charge in [0.15, 0.2) is 17.7 Å². The van der Waals surface area contributed by atoms with Crippen LogP contribution in [-0.4, -0.2) is 64.0 Å². The van der Waals surface area contributed by atoms with Gasteiger partial charge in [-0.2, -0.15) is 0 Å². The third-order valence-corrected chi connectivity index (χ3v) is 7.18. The van der Waals surface area contributed by atoms with Crippen LogP contribution in [0.2, 0.25) is 0 Å². The van der Waals surface area contributed by atoms with Crippen LogP contribution in [0.3, 0.4) is 0 Å². The number of anilines is 1. The molecule has 1 atom stereocenters. The normalized spacial score (nSPS) is 12.1. The molecule has 224 valence electrons. The van der Waals surface area contributed by atoms with Crippen molar-refractivity contribution in [2.45, 2.75) is 33.8 Å². The van der Waals surface area contributed by atoms with E-state index in [9.17, 15) is 4.79 Å². The van der Waals surface area contributed by atoms with Crippen molar-refractivity contribution >= 4 is 44.4 Å². The van der Waals surface area contributed by atoms with Crippen molar-refractivity contribution in [1.82, 2.24) is 24.9 Å². The lowest BCUT2D eigenvalue weighted by Crippen LogP contribution is -2.32. The lowest BCUT2D eigenvalue weighted by molar-refractivity contribution is -0.00429. The van der Waals surface area contributed by atoms with E-state index in [2.05, 4.69) is 30.2 Å². The van der Waals surface area contributed by atoms with E-state index in [0.29, 0.717) is 50.3 Å². The lowest BCUT2D eigenvalue weighted by atomic mass is 10.1. The summed E-state index contributed by atoms with van der Waals surface area (Å²) in [7, 11) is 1.54. The number of rotatable bonds is 11. The smallest absolute Gasteiger partial charge is 0.412 e. The topological polar surface area (TPSA) is 130 Å². The van der Waals surface area contributed by atoms with Gasteiger partial charge in [0, 0.05) is 24.3 Å². The minimum absolute atomic E-state index is 0.00568. The Labute approximate surface area is 251 Å². The monoisotopic (exact) mass is 606 g/mol. The second kappa shape index (κ2) is 13.2. The second-order valence-electron chi connectivity index (χ2n) is 10.3. The van der Waals surface area contributed by atoms with Gasteiger partial charge in [-0.1, -0.05) is 13.8 Å². The first-order valence-corrected chi connectivity index (χ1v) is 14.4. The summed E-state index contributed by atoms with van der Waals surface area (Å²) in [6.45, 7) is 8.10. The average Bonchev–Trinajstić information content (AvgIpc) is 3.38. The molecule has 0 aliphatic rings. The van der Waals surface area contributed by atoms with Crippen LogP contribution in [0.4, 0.5) is 14.9 Å². The second-order valence-corrected chi connectivity index (χ2v) is 11.3. The van der Waals surface area contributed by atoms with Crippen LogP contribution in [0.25, 0.3) is 31.8 Å². The van der Waals surface area contributed by atoms with Gasteiger partial charge in [-0.3, -0.25) is 5.32 Å². The molecule has 0 saturated carbocycles. The number of aromatic nitrogens is 5. The number of amides is 1. The predicted octanol–water partition coefficient (Wildman–Crippen LogP) is 6.13. The zero-order valence-corrected chi connectivity index (χ0v) is 25.2. The Morgan fingerprint density at radius 3 is 2.51 bits per heavy atom. The van der Waals surface area contributed by atoms with Gasteiger partial charge in [-0.15, -0.1) is 11.3 Å². The van der Waals surface area contributed by atoms with Gasteiger partial charge in [0.05, 0.1) is 59.2 Å². The Balaban J connectivity index is 1.34. The fraction of sp³-hybridized carbons (Fsp3) is 0.333. The third-order valence-electron chi connectivity index (χ3n) is 6.13. The van der Waals surface area contributed by atoms with Crippen molar-refractivity contribution in [3.05, 3.63) is 60.1 Å². The molecule has 5 rings (SSSR count). The van der Waals surface area contributed by atoms with Crippen LogP contribution in [0.5, 0.6) is 11.6 Å². The van der Waals surface area contributed by atoms with E-state index in [1.807, 2.05) is 32.9 Å². The summed E-state index contributed by atoms with van der Waals surface area (Å²) in [5.74, 6) is 0.674. The molecule has 0 fully saturated rings. The maximum Gasteiger partial charge on any atom is 0.412 e. The van der Waals surface area contributed by atoms with Crippen molar-refractivity contribution in [2.24, 2.45) is 5.92 Å². The van der Waals surface area contributed by atoms with Crippen LogP contribution in [-0.2, 0) is 9.47 Å². The molecular weight excluding hydrogens is 575 g/mol. The number of hydrogen-bond acceptors (Lipinski definition) is 11. The van der Waals surface area contributed by atoms with E-state index in [1.54, 1.807) is 19.2 Å². The molecule has 13 heteroatoms. The maximum absolute atomic E-state index is 15.2. The third kappa shape index (κ3) is 7.48. The van der Waals surface area contributed by atoms with Gasteiger partial charge in [-0.05, 0) is 37.5 Å². The predicted molar refractivity (Wildman–Crippen MR) is 161 cm³/mol. The summed E-state index contributed by atoms with van der Waals surface area (Å²) in [4.78, 5) is 34.3. The van der Waals surface area contributed by atoms with Gasteiger partial charge in [-0.25, -0.2) is 34.1 Å². The van der Waals surface area contributed by atoms with Gasteiger partial charge < -0.3 is 18.9 Å². The number of carbonyl (C=O) groups is 1. The van der Waals surface area contributed by atoms with Crippen molar-refractivity contribution in [2.75, 3.05) is 32.2 Å². The van der Waals surface area contributed by atoms with E-state index in [1.165, 1.54) is 36.9 Å². The molecular formula is C30H31FN6O5S. The Bertz CT molecular complexity index is 1750. The molecule has 3 aromatic heterocycles. The fourth-order valence-electron chi connectivity index (χ4n) is 4.15. The number of benzene rings is 2. The average molecular weight is 607 g/mol. The Kier molecular flexibility index (Phi) is 9.22. The molecule has 1 amide bonds. The molecule has 0 spiro atoms. The molecule has 0 bridgehead atoms. The number of nitrogens with zero attached hydrogens (tertiary/aromatic N) is 5. The molecule has 5 aromatic rings. The first-order chi connectivity index (χ1) is 20.7. The number of thiazole rings is 1. The number of ether oxygens (including phenoxy) is 4. The molecule has 0 aliphatic carbocycles. The summed E-state index contributed by atoms with van der Waals surface area (Å²) in [5.41, 5.74) is 3.96. The minimum atomic E-state index is -0.813. The number of halogens is 1. The summed E-state index contributed by atoms with van der Waals surface area (Å²) in [6.07, 6.45) is 2.95. The molecule has 43 heavy (non-hydrogen) atoms. The summed E-state index contributed by atoms with van der Waals surface area (Å²) in [6, 6.07) is 6.81. The van der Waals surface area contributed by atoms with Crippen LogP contribution < -0.4 is 14.8 Å². The number of carbonyl (C=O) groups excluding carboxylic acids is 1. The molecule has 2 aromatic carbocycles. The van der Waals surface area contributed by atoms with Gasteiger partial charge in [0.1, 0.15) is 17.4 Å². The molecule has 0 saturated heterocycles. The van der Waals surface area contributed by atoms with E-state index in [-0.39, 0.29) is 24.9 Å². The summed E-state index contributed by atoms with van der Waals surface area (Å²) in [5, 5.41) is 3.25. The van der Waals surface area contributed by atoms with E-state index >= 15 is 4.39 Å². The number of hydrogen-bond donors (Lipinski definition) is 1. The van der Waals surface area contributed by atoms with E-state index in [0.717, 1.165) is 11.1 Å². The van der Waals surface area contributed by atoms with Gasteiger partial charge >= 0.3 is 6.09 Å². The number of methoxy groups -OCH3 is 1. The highest BCUT2D eigenvalue weighted by molar-refractivity contribution is 7.21. The van der Waals surface area contributed by atoms with Crippen LogP contribution >= 0.6 is 11.3 Å². The van der Waals surface area contributed by atoms with Gasteiger partial charge in [0.2, 0.25) is 5.88 Å². The highest BCUT2D eigenvalue weighted by atomic mass is 32.1. The zero-order chi connectivity index (χ0) is 30.5. The lowest BCUT2D eigenvalue weighted by Gasteiger charge is -2.19. The highest BCUT2D eigenvalue weighted by Gasteiger charge is 2.20. The summed E-state index contributed by atoms with van der Waals surface area (Å²) >= 11 is 1.38. The number of aryl methyl sites for hydroxylation is 2. The first kappa shape index (κ1) is 30.0. The quantitative estimate of drug-likeness (QED) is 0.187.